The van der Waals surface area contributed by atoms with Crippen molar-refractivity contribution in [3.05, 3.63) is 42.0 Å². The van der Waals surface area contributed by atoms with Crippen LogP contribution in [0.4, 0.5) is 0 Å². The fourth-order valence-corrected chi connectivity index (χ4v) is 4.31. The van der Waals surface area contributed by atoms with E-state index in [-0.39, 0.29) is 0 Å². The molecule has 0 radical (unpaired) electrons. The van der Waals surface area contributed by atoms with E-state index in [0.717, 1.165) is 29.4 Å². The van der Waals surface area contributed by atoms with E-state index in [1.807, 2.05) is 0 Å². The lowest BCUT2D eigenvalue weighted by Gasteiger charge is -2.28. The summed E-state index contributed by atoms with van der Waals surface area (Å²) in [6.45, 7) is 2.40. The lowest BCUT2D eigenvalue weighted by atomic mass is 9.77. The van der Waals surface area contributed by atoms with Gasteiger partial charge in [-0.25, -0.2) is 0 Å². The third kappa shape index (κ3) is 4.62. The molecule has 23 heavy (non-hydrogen) atoms. The van der Waals surface area contributed by atoms with Gasteiger partial charge in [0.15, 0.2) is 0 Å². The average molecular weight is 312 g/mol. The summed E-state index contributed by atoms with van der Waals surface area (Å²) in [4.78, 5) is 0. The monoisotopic (exact) mass is 312 g/mol. The Bertz CT molecular complexity index is 485. The quantitative estimate of drug-likeness (QED) is 0.588. The number of rotatable bonds is 4. The van der Waals surface area contributed by atoms with E-state index in [2.05, 4.69) is 43.3 Å². The Labute approximate surface area is 142 Å². The zero-order chi connectivity index (χ0) is 16.1. The maximum atomic E-state index is 5.26. The Morgan fingerprint density at radius 2 is 1.30 bits per heavy atom. The van der Waals surface area contributed by atoms with Gasteiger partial charge in [0.1, 0.15) is 5.75 Å². The van der Waals surface area contributed by atoms with Crippen molar-refractivity contribution >= 4 is 0 Å². The molecule has 0 saturated heterocycles. The Hall–Kier alpha value is -1.24. The van der Waals surface area contributed by atoms with Crippen LogP contribution in [0.25, 0.3) is 0 Å². The summed E-state index contributed by atoms with van der Waals surface area (Å²) in [6, 6.07) is 8.71. The van der Waals surface area contributed by atoms with Gasteiger partial charge in [0.25, 0.3) is 0 Å². The molecule has 2 aliphatic carbocycles. The normalized spacial score (nSPS) is 32.1. The second-order valence-corrected chi connectivity index (χ2v) is 7.79. The Morgan fingerprint density at radius 1 is 0.783 bits per heavy atom. The minimum Gasteiger partial charge on any atom is -0.497 e. The topological polar surface area (TPSA) is 9.23 Å². The molecular formula is C22H32O. The fraction of sp³-hybridized carbons (Fsp3) is 0.636. The van der Waals surface area contributed by atoms with Crippen LogP contribution >= 0.6 is 0 Å². The van der Waals surface area contributed by atoms with Crippen LogP contribution in [0.5, 0.6) is 5.75 Å². The maximum absolute atomic E-state index is 5.26. The number of allylic oxidation sites excluding steroid dienone is 2. The summed E-state index contributed by atoms with van der Waals surface area (Å²) in [5.41, 5.74) is 1.49. The van der Waals surface area contributed by atoms with Gasteiger partial charge in [-0.05, 0) is 79.9 Å². The van der Waals surface area contributed by atoms with Crippen molar-refractivity contribution in [3.8, 4) is 5.75 Å². The molecule has 0 aromatic heterocycles. The predicted molar refractivity (Wildman–Crippen MR) is 98.0 cm³/mol. The first-order chi connectivity index (χ1) is 11.2. The van der Waals surface area contributed by atoms with Crippen LogP contribution in [0.2, 0.25) is 0 Å². The van der Waals surface area contributed by atoms with Crippen LogP contribution in [0, 0.1) is 17.8 Å². The van der Waals surface area contributed by atoms with Crippen molar-refractivity contribution in [1.82, 2.24) is 0 Å². The van der Waals surface area contributed by atoms with E-state index in [1.165, 1.54) is 56.9 Å². The summed E-state index contributed by atoms with van der Waals surface area (Å²) < 4.78 is 5.26. The molecule has 2 fully saturated rings. The van der Waals surface area contributed by atoms with E-state index in [9.17, 15) is 0 Å². The van der Waals surface area contributed by atoms with Crippen LogP contribution in [-0.4, -0.2) is 7.11 Å². The molecule has 2 aliphatic rings. The van der Waals surface area contributed by atoms with Crippen molar-refractivity contribution in [2.45, 2.75) is 64.2 Å². The first-order valence-corrected chi connectivity index (χ1v) is 9.57. The number of benzene rings is 1. The number of methoxy groups -OCH3 is 1. The van der Waals surface area contributed by atoms with Gasteiger partial charge in [0, 0.05) is 0 Å². The summed E-state index contributed by atoms with van der Waals surface area (Å²) in [7, 11) is 1.74. The molecule has 1 heteroatoms. The summed E-state index contributed by atoms with van der Waals surface area (Å²) >= 11 is 0. The minimum absolute atomic E-state index is 0.751. The zero-order valence-electron chi connectivity index (χ0n) is 14.8. The molecule has 0 aliphatic heterocycles. The lowest BCUT2D eigenvalue weighted by molar-refractivity contribution is 0.327. The second-order valence-electron chi connectivity index (χ2n) is 7.79. The molecule has 1 nitrogen and oxygen atoms in total. The Balaban J connectivity index is 1.46. The standard InChI is InChI=1S/C22H32O/c1-17-3-5-18(6-4-17)7-8-19-9-11-20(12-10-19)21-13-15-22(23-2)16-14-21/h7-8,13-20H,3-6,9-12H2,1-2H3/b8-7+. The van der Waals surface area contributed by atoms with Gasteiger partial charge in [-0.1, -0.05) is 44.1 Å². The Kier molecular flexibility index (Phi) is 5.80. The second kappa shape index (κ2) is 8.04. The van der Waals surface area contributed by atoms with Crippen molar-refractivity contribution < 1.29 is 4.74 Å². The molecule has 0 amide bonds. The van der Waals surface area contributed by atoms with Crippen molar-refractivity contribution in [3.63, 3.8) is 0 Å². The van der Waals surface area contributed by atoms with E-state index >= 15 is 0 Å². The third-order valence-electron chi connectivity index (χ3n) is 6.08. The molecule has 0 N–H and O–H groups in total. The summed E-state index contributed by atoms with van der Waals surface area (Å²) in [5, 5.41) is 0. The van der Waals surface area contributed by atoms with Crippen molar-refractivity contribution in [1.29, 1.82) is 0 Å². The molecule has 126 valence electrons. The van der Waals surface area contributed by atoms with Crippen molar-refractivity contribution in [2.24, 2.45) is 17.8 Å². The maximum Gasteiger partial charge on any atom is 0.118 e. The van der Waals surface area contributed by atoms with Crippen LogP contribution in [0.15, 0.2) is 36.4 Å². The van der Waals surface area contributed by atoms with Gasteiger partial charge in [0.05, 0.1) is 7.11 Å². The van der Waals surface area contributed by atoms with Crippen LogP contribution < -0.4 is 4.74 Å². The van der Waals surface area contributed by atoms with E-state index in [4.69, 9.17) is 4.74 Å². The predicted octanol–water partition coefficient (Wildman–Crippen LogP) is 6.35. The largest absolute Gasteiger partial charge is 0.497 e. The van der Waals surface area contributed by atoms with Gasteiger partial charge in [-0.2, -0.15) is 0 Å². The highest BCUT2D eigenvalue weighted by molar-refractivity contribution is 5.29. The average Bonchev–Trinajstić information content (AvgIpc) is 2.62. The van der Waals surface area contributed by atoms with Gasteiger partial charge in [0.2, 0.25) is 0 Å². The third-order valence-corrected chi connectivity index (χ3v) is 6.08. The molecular weight excluding hydrogens is 280 g/mol. The van der Waals surface area contributed by atoms with Crippen LogP contribution in [0.3, 0.4) is 0 Å². The number of hydrogen-bond donors (Lipinski definition) is 0. The van der Waals surface area contributed by atoms with Gasteiger partial charge < -0.3 is 4.74 Å². The number of hydrogen-bond acceptors (Lipinski definition) is 1. The van der Waals surface area contributed by atoms with Gasteiger partial charge in [-0.15, -0.1) is 0 Å². The van der Waals surface area contributed by atoms with Crippen LogP contribution in [0.1, 0.15) is 69.8 Å². The van der Waals surface area contributed by atoms with Crippen molar-refractivity contribution in [2.75, 3.05) is 7.11 Å². The highest BCUT2D eigenvalue weighted by Crippen LogP contribution is 2.37. The molecule has 2 saturated carbocycles. The molecule has 0 bridgehead atoms. The van der Waals surface area contributed by atoms with Crippen LogP contribution in [-0.2, 0) is 0 Å². The lowest BCUT2D eigenvalue weighted by Crippen LogP contribution is -2.13. The molecule has 1 aromatic rings. The zero-order valence-corrected chi connectivity index (χ0v) is 14.8. The molecule has 0 atom stereocenters. The first-order valence-electron chi connectivity index (χ1n) is 9.57. The first kappa shape index (κ1) is 16.6. The smallest absolute Gasteiger partial charge is 0.118 e. The van der Waals surface area contributed by atoms with E-state index in [1.54, 1.807) is 7.11 Å². The summed E-state index contributed by atoms with van der Waals surface area (Å²) in [6.07, 6.45) is 16.2. The molecule has 3 rings (SSSR count). The molecule has 1 aromatic carbocycles. The van der Waals surface area contributed by atoms with E-state index in [0.29, 0.717) is 0 Å². The summed E-state index contributed by atoms with van der Waals surface area (Å²) in [5.74, 6) is 4.36. The highest BCUT2D eigenvalue weighted by Gasteiger charge is 2.22. The highest BCUT2D eigenvalue weighted by atomic mass is 16.5. The van der Waals surface area contributed by atoms with E-state index < -0.39 is 0 Å². The Morgan fingerprint density at radius 3 is 1.83 bits per heavy atom. The number of ether oxygens (including phenoxy) is 1. The fourth-order valence-electron chi connectivity index (χ4n) is 4.31. The minimum atomic E-state index is 0.751. The molecule has 0 unspecified atom stereocenters. The van der Waals surface area contributed by atoms with Gasteiger partial charge >= 0.3 is 0 Å². The molecule has 0 heterocycles. The molecule has 0 spiro atoms. The van der Waals surface area contributed by atoms with Gasteiger partial charge in [-0.3, -0.25) is 0 Å². The SMILES string of the molecule is COc1ccc(C2CCC(/C=C/C3CCC(C)CC3)CC2)cc1.